The van der Waals surface area contributed by atoms with Gasteiger partial charge in [-0.2, -0.15) is 0 Å². The fraction of sp³-hybridized carbons (Fsp3) is 1.00. The highest BCUT2D eigenvalue weighted by Gasteiger charge is 2.13. The Morgan fingerprint density at radius 3 is 2.31 bits per heavy atom. The molecule has 94 valence electrons. The summed E-state index contributed by atoms with van der Waals surface area (Å²) in [6, 6.07) is 0. The van der Waals surface area contributed by atoms with Crippen LogP contribution < -0.4 is 5.32 Å². The van der Waals surface area contributed by atoms with Gasteiger partial charge in [-0.15, -0.1) is 0 Å². The van der Waals surface area contributed by atoms with Crippen molar-refractivity contribution in [3.63, 3.8) is 0 Å². The Hall–Kier alpha value is -0.0800. The number of nitrogens with one attached hydrogen (secondary N) is 1. The Morgan fingerprint density at radius 2 is 1.56 bits per heavy atom. The molecule has 0 atom stereocenters. The molecule has 1 aliphatic heterocycles. The first-order valence-corrected chi connectivity index (χ1v) is 7.38. The van der Waals surface area contributed by atoms with Gasteiger partial charge < -0.3 is 10.2 Å². The smallest absolute Gasteiger partial charge is 0.0107 e. The van der Waals surface area contributed by atoms with Crippen molar-refractivity contribution in [3.8, 4) is 0 Å². The summed E-state index contributed by atoms with van der Waals surface area (Å²) in [6.07, 6.45) is 11.6. The van der Waals surface area contributed by atoms with Crippen LogP contribution in [-0.4, -0.2) is 37.6 Å². The van der Waals surface area contributed by atoms with Crippen molar-refractivity contribution in [2.45, 2.75) is 51.4 Å². The third-order valence-corrected chi connectivity index (χ3v) is 4.21. The number of rotatable bonds is 5. The molecule has 0 aromatic rings. The summed E-state index contributed by atoms with van der Waals surface area (Å²) in [5, 5.41) is 3.66. The van der Waals surface area contributed by atoms with Gasteiger partial charge in [0.1, 0.15) is 0 Å². The molecule has 2 nitrogen and oxygen atoms in total. The predicted molar refractivity (Wildman–Crippen MR) is 69.7 cm³/mol. The minimum atomic E-state index is 0.982. The SMILES string of the molecule is C1CCC(CNCCN2CCCCC2)CC1. The summed E-state index contributed by atoms with van der Waals surface area (Å²) in [5.41, 5.74) is 0. The highest BCUT2D eigenvalue weighted by molar-refractivity contribution is 4.69. The highest BCUT2D eigenvalue weighted by Crippen LogP contribution is 2.22. The molecule has 1 saturated heterocycles. The van der Waals surface area contributed by atoms with Crippen LogP contribution in [0.4, 0.5) is 0 Å². The van der Waals surface area contributed by atoms with Gasteiger partial charge in [0.05, 0.1) is 0 Å². The van der Waals surface area contributed by atoms with Crippen molar-refractivity contribution in [1.29, 1.82) is 0 Å². The van der Waals surface area contributed by atoms with Gasteiger partial charge in [0.15, 0.2) is 0 Å². The molecule has 1 aliphatic carbocycles. The minimum absolute atomic E-state index is 0.982. The van der Waals surface area contributed by atoms with Gasteiger partial charge in [0.25, 0.3) is 0 Å². The number of hydrogen-bond donors (Lipinski definition) is 1. The molecule has 2 heteroatoms. The van der Waals surface area contributed by atoms with Crippen molar-refractivity contribution < 1.29 is 0 Å². The molecule has 1 N–H and O–H groups in total. The van der Waals surface area contributed by atoms with E-state index in [-0.39, 0.29) is 0 Å². The first-order chi connectivity index (χ1) is 7.95. The number of piperidine rings is 1. The Kier molecular flexibility index (Phi) is 5.64. The Balaban J connectivity index is 1.47. The molecule has 0 aromatic heterocycles. The molecule has 2 fully saturated rings. The molecule has 2 aliphatic rings. The number of nitrogens with zero attached hydrogens (tertiary/aromatic N) is 1. The predicted octanol–water partition coefficient (Wildman–Crippen LogP) is 2.64. The van der Waals surface area contributed by atoms with Gasteiger partial charge in [-0.05, 0) is 51.2 Å². The standard InChI is InChI=1S/C14H28N2/c1-3-7-14(8-4-1)13-15-9-12-16-10-5-2-6-11-16/h14-15H,1-13H2. The summed E-state index contributed by atoms with van der Waals surface area (Å²) in [7, 11) is 0. The molecule has 0 bridgehead atoms. The second-order valence-electron chi connectivity index (χ2n) is 5.61. The van der Waals surface area contributed by atoms with E-state index in [0.717, 1.165) is 5.92 Å². The summed E-state index contributed by atoms with van der Waals surface area (Å²) in [6.45, 7) is 6.42. The summed E-state index contributed by atoms with van der Waals surface area (Å²) < 4.78 is 0. The zero-order chi connectivity index (χ0) is 11.1. The van der Waals surface area contributed by atoms with Crippen LogP contribution in [0.25, 0.3) is 0 Å². The minimum Gasteiger partial charge on any atom is -0.315 e. The van der Waals surface area contributed by atoms with E-state index in [4.69, 9.17) is 0 Å². The molecule has 1 heterocycles. The van der Waals surface area contributed by atoms with Crippen LogP contribution in [0.5, 0.6) is 0 Å². The van der Waals surface area contributed by atoms with Crippen LogP contribution >= 0.6 is 0 Å². The summed E-state index contributed by atoms with van der Waals surface area (Å²) in [4.78, 5) is 2.62. The second kappa shape index (κ2) is 7.29. The lowest BCUT2D eigenvalue weighted by molar-refractivity contribution is 0.226. The van der Waals surface area contributed by atoms with E-state index in [1.807, 2.05) is 0 Å². The van der Waals surface area contributed by atoms with Gasteiger partial charge in [0, 0.05) is 13.1 Å². The van der Waals surface area contributed by atoms with E-state index in [1.165, 1.54) is 84.1 Å². The number of likely N-dealkylation sites (tertiary alicyclic amines) is 1. The normalized spacial score (nSPS) is 24.8. The molecule has 16 heavy (non-hydrogen) atoms. The fourth-order valence-corrected chi connectivity index (χ4v) is 3.12. The monoisotopic (exact) mass is 224 g/mol. The zero-order valence-corrected chi connectivity index (χ0v) is 10.7. The summed E-state index contributed by atoms with van der Waals surface area (Å²) >= 11 is 0. The van der Waals surface area contributed by atoms with E-state index in [0.29, 0.717) is 0 Å². The van der Waals surface area contributed by atoms with E-state index >= 15 is 0 Å². The Bertz CT molecular complexity index is 150. The van der Waals surface area contributed by atoms with Crippen LogP contribution in [-0.2, 0) is 0 Å². The van der Waals surface area contributed by atoms with Crippen molar-refractivity contribution >= 4 is 0 Å². The van der Waals surface area contributed by atoms with Gasteiger partial charge >= 0.3 is 0 Å². The third kappa shape index (κ3) is 4.42. The van der Waals surface area contributed by atoms with E-state index < -0.39 is 0 Å². The fourth-order valence-electron chi connectivity index (χ4n) is 3.12. The molecular formula is C14H28N2. The van der Waals surface area contributed by atoms with Crippen molar-refractivity contribution in [2.75, 3.05) is 32.7 Å². The maximum absolute atomic E-state index is 3.66. The quantitative estimate of drug-likeness (QED) is 0.722. The first kappa shape index (κ1) is 12.4. The first-order valence-electron chi connectivity index (χ1n) is 7.38. The van der Waals surface area contributed by atoms with Crippen LogP contribution in [0.2, 0.25) is 0 Å². The van der Waals surface area contributed by atoms with Gasteiger partial charge in [-0.1, -0.05) is 25.7 Å². The molecule has 1 saturated carbocycles. The molecule has 0 unspecified atom stereocenters. The van der Waals surface area contributed by atoms with Crippen molar-refractivity contribution in [3.05, 3.63) is 0 Å². The lowest BCUT2D eigenvalue weighted by Crippen LogP contribution is -2.37. The molecule has 0 amide bonds. The van der Waals surface area contributed by atoms with E-state index in [9.17, 15) is 0 Å². The molecular weight excluding hydrogens is 196 g/mol. The van der Waals surface area contributed by atoms with Crippen LogP contribution in [0.1, 0.15) is 51.4 Å². The maximum atomic E-state index is 3.66. The molecule has 0 aromatic carbocycles. The van der Waals surface area contributed by atoms with Crippen molar-refractivity contribution in [1.82, 2.24) is 10.2 Å². The van der Waals surface area contributed by atoms with E-state index in [2.05, 4.69) is 10.2 Å². The largest absolute Gasteiger partial charge is 0.315 e. The highest BCUT2D eigenvalue weighted by atomic mass is 15.1. The molecule has 2 rings (SSSR count). The maximum Gasteiger partial charge on any atom is 0.0107 e. The van der Waals surface area contributed by atoms with Crippen LogP contribution in [0, 0.1) is 5.92 Å². The van der Waals surface area contributed by atoms with Crippen molar-refractivity contribution in [2.24, 2.45) is 5.92 Å². The lowest BCUT2D eigenvalue weighted by atomic mass is 9.89. The Morgan fingerprint density at radius 1 is 0.875 bits per heavy atom. The van der Waals surface area contributed by atoms with Crippen LogP contribution in [0.15, 0.2) is 0 Å². The van der Waals surface area contributed by atoms with Gasteiger partial charge in [-0.25, -0.2) is 0 Å². The topological polar surface area (TPSA) is 15.3 Å². The molecule has 0 radical (unpaired) electrons. The number of hydrogen-bond acceptors (Lipinski definition) is 2. The lowest BCUT2D eigenvalue weighted by Gasteiger charge is -2.27. The van der Waals surface area contributed by atoms with E-state index in [1.54, 1.807) is 0 Å². The second-order valence-corrected chi connectivity index (χ2v) is 5.61. The molecule has 0 spiro atoms. The third-order valence-electron chi connectivity index (χ3n) is 4.21. The van der Waals surface area contributed by atoms with Crippen LogP contribution in [0.3, 0.4) is 0 Å². The summed E-state index contributed by atoms with van der Waals surface area (Å²) in [5.74, 6) is 0.982. The average Bonchev–Trinajstić information content (AvgIpc) is 2.37. The zero-order valence-electron chi connectivity index (χ0n) is 10.7. The van der Waals surface area contributed by atoms with Gasteiger partial charge in [0.2, 0.25) is 0 Å². The Labute approximate surface area is 101 Å². The van der Waals surface area contributed by atoms with Gasteiger partial charge in [-0.3, -0.25) is 0 Å². The average molecular weight is 224 g/mol.